The number of pyridine rings is 1. The van der Waals surface area contributed by atoms with Crippen LogP contribution in [0.1, 0.15) is 25.3 Å². The molecular formula is C19H29F3N6O. The van der Waals surface area contributed by atoms with Gasteiger partial charge >= 0.3 is 6.18 Å². The first-order valence-corrected chi connectivity index (χ1v) is 9.71. The maximum atomic E-state index is 12.4. The maximum Gasteiger partial charge on any atom is 0.406 e. The second kappa shape index (κ2) is 10.3. The molecule has 162 valence electrons. The van der Waals surface area contributed by atoms with Gasteiger partial charge in [-0.3, -0.25) is 4.79 Å². The number of hydrogen-bond acceptors (Lipinski definition) is 4. The molecule has 0 atom stereocenters. The summed E-state index contributed by atoms with van der Waals surface area (Å²) in [5.74, 6) is 0.709. The van der Waals surface area contributed by atoms with Crippen LogP contribution in [0.15, 0.2) is 23.3 Å². The second-order valence-corrected chi connectivity index (χ2v) is 7.16. The third kappa shape index (κ3) is 7.78. The topological polar surface area (TPSA) is 72.9 Å². The van der Waals surface area contributed by atoms with Crippen molar-refractivity contribution in [1.82, 2.24) is 20.5 Å². The molecule has 29 heavy (non-hydrogen) atoms. The van der Waals surface area contributed by atoms with Crippen LogP contribution in [0.25, 0.3) is 0 Å². The highest BCUT2D eigenvalue weighted by atomic mass is 19.4. The highest BCUT2D eigenvalue weighted by molar-refractivity contribution is 5.85. The van der Waals surface area contributed by atoms with Crippen LogP contribution < -0.4 is 15.5 Å². The van der Waals surface area contributed by atoms with Crippen molar-refractivity contribution in [1.29, 1.82) is 0 Å². The lowest BCUT2D eigenvalue weighted by Gasteiger charge is -2.33. The fourth-order valence-electron chi connectivity index (χ4n) is 3.04. The number of aliphatic imine (C=N–C) groups is 1. The van der Waals surface area contributed by atoms with E-state index in [9.17, 15) is 18.0 Å². The number of aryl methyl sites for hydroxylation is 1. The van der Waals surface area contributed by atoms with E-state index in [-0.39, 0.29) is 12.6 Å². The Kier molecular flexibility index (Phi) is 8.10. The minimum Gasteiger partial charge on any atom is -0.357 e. The van der Waals surface area contributed by atoms with Crippen molar-refractivity contribution < 1.29 is 18.0 Å². The summed E-state index contributed by atoms with van der Waals surface area (Å²) in [4.78, 5) is 23.4. The van der Waals surface area contributed by atoms with Gasteiger partial charge in [0.1, 0.15) is 18.9 Å². The number of amides is 1. The Bertz CT molecular complexity index is 684. The van der Waals surface area contributed by atoms with Crippen LogP contribution in [-0.2, 0) is 4.79 Å². The van der Waals surface area contributed by atoms with E-state index in [0.717, 1.165) is 44.4 Å². The third-order valence-electron chi connectivity index (χ3n) is 4.61. The number of likely N-dealkylation sites (N-methyl/N-ethyl adjacent to an activating group) is 1. The maximum absolute atomic E-state index is 12.4. The summed E-state index contributed by atoms with van der Waals surface area (Å²) >= 11 is 0. The summed E-state index contributed by atoms with van der Waals surface area (Å²) in [5, 5.41) is 6.32. The molecule has 1 aromatic heterocycles. The van der Waals surface area contributed by atoms with Crippen LogP contribution in [0.4, 0.5) is 19.0 Å². The largest absolute Gasteiger partial charge is 0.406 e. The Balaban J connectivity index is 1.86. The van der Waals surface area contributed by atoms with Gasteiger partial charge in [0.25, 0.3) is 0 Å². The SMILES string of the molecule is CCNC(=NCC(=O)N(C)CC(F)(F)F)NC1CCN(c2ccc(C)cn2)CC1. The molecule has 0 bridgehead atoms. The van der Waals surface area contributed by atoms with Gasteiger partial charge in [0.05, 0.1) is 0 Å². The zero-order valence-electron chi connectivity index (χ0n) is 17.1. The third-order valence-corrected chi connectivity index (χ3v) is 4.61. The van der Waals surface area contributed by atoms with Crippen LogP contribution in [0.2, 0.25) is 0 Å². The molecule has 0 spiro atoms. The van der Waals surface area contributed by atoms with Gasteiger partial charge < -0.3 is 20.4 Å². The molecule has 7 nitrogen and oxygen atoms in total. The predicted molar refractivity (Wildman–Crippen MR) is 107 cm³/mol. The molecule has 1 saturated heterocycles. The zero-order chi connectivity index (χ0) is 21.4. The Morgan fingerprint density at radius 3 is 2.59 bits per heavy atom. The highest BCUT2D eigenvalue weighted by Crippen LogP contribution is 2.18. The van der Waals surface area contributed by atoms with Crippen LogP contribution >= 0.6 is 0 Å². The predicted octanol–water partition coefficient (Wildman–Crippen LogP) is 1.93. The van der Waals surface area contributed by atoms with Crippen molar-refractivity contribution in [2.24, 2.45) is 4.99 Å². The Hall–Kier alpha value is -2.52. The van der Waals surface area contributed by atoms with Gasteiger partial charge in [-0.25, -0.2) is 9.98 Å². The molecule has 2 rings (SSSR count). The number of nitrogens with zero attached hydrogens (tertiary/aromatic N) is 4. The number of carbonyl (C=O) groups is 1. The lowest BCUT2D eigenvalue weighted by atomic mass is 10.1. The number of halogens is 3. The Morgan fingerprint density at radius 2 is 2.03 bits per heavy atom. The molecule has 0 saturated carbocycles. The first-order chi connectivity index (χ1) is 13.7. The number of carbonyl (C=O) groups excluding carboxylic acids is 1. The van der Waals surface area contributed by atoms with Gasteiger partial charge in [0.15, 0.2) is 5.96 Å². The lowest BCUT2D eigenvalue weighted by Crippen LogP contribution is -2.49. The summed E-state index contributed by atoms with van der Waals surface area (Å²) in [6, 6.07) is 4.21. The summed E-state index contributed by atoms with van der Waals surface area (Å²) in [6.07, 6.45) is -0.844. The minimum absolute atomic E-state index is 0.164. The molecule has 10 heteroatoms. The number of alkyl halides is 3. The number of rotatable bonds is 6. The molecule has 0 unspecified atom stereocenters. The van der Waals surface area contributed by atoms with Crippen LogP contribution in [0.5, 0.6) is 0 Å². The molecule has 1 fully saturated rings. The fourth-order valence-corrected chi connectivity index (χ4v) is 3.04. The molecule has 1 aliphatic heterocycles. The van der Waals surface area contributed by atoms with E-state index in [2.05, 4.69) is 25.5 Å². The van der Waals surface area contributed by atoms with E-state index in [4.69, 9.17) is 0 Å². The van der Waals surface area contributed by atoms with Gasteiger partial charge in [-0.15, -0.1) is 0 Å². The average Bonchev–Trinajstić information content (AvgIpc) is 2.66. The Morgan fingerprint density at radius 1 is 1.34 bits per heavy atom. The van der Waals surface area contributed by atoms with Crippen molar-refractivity contribution in [3.63, 3.8) is 0 Å². The number of aromatic nitrogens is 1. The van der Waals surface area contributed by atoms with E-state index in [1.165, 1.54) is 0 Å². The average molecular weight is 414 g/mol. The molecular weight excluding hydrogens is 385 g/mol. The van der Waals surface area contributed by atoms with E-state index in [1.54, 1.807) is 0 Å². The number of piperidine rings is 1. The van der Waals surface area contributed by atoms with Crippen LogP contribution in [0, 0.1) is 6.92 Å². The molecule has 1 amide bonds. The van der Waals surface area contributed by atoms with Crippen LogP contribution in [0.3, 0.4) is 0 Å². The van der Waals surface area contributed by atoms with E-state index in [0.29, 0.717) is 17.4 Å². The number of anilines is 1. The molecule has 1 aromatic rings. The molecule has 0 aliphatic carbocycles. The summed E-state index contributed by atoms with van der Waals surface area (Å²) in [5.41, 5.74) is 1.12. The van der Waals surface area contributed by atoms with Crippen molar-refractivity contribution >= 4 is 17.7 Å². The Labute approximate surface area is 169 Å². The van der Waals surface area contributed by atoms with Gasteiger partial charge in [0.2, 0.25) is 5.91 Å². The number of nitrogens with one attached hydrogen (secondary N) is 2. The standard InChI is InChI=1S/C19H29F3N6O/c1-4-23-18(25-12-17(29)27(3)13-19(20,21)22)26-15-7-9-28(10-8-15)16-6-5-14(2)11-24-16/h5-6,11,15H,4,7-10,12-13H2,1-3H3,(H2,23,25,26). The highest BCUT2D eigenvalue weighted by Gasteiger charge is 2.31. The van der Waals surface area contributed by atoms with E-state index >= 15 is 0 Å². The second-order valence-electron chi connectivity index (χ2n) is 7.16. The zero-order valence-corrected chi connectivity index (χ0v) is 17.1. The molecule has 1 aliphatic rings. The van der Waals surface area contributed by atoms with Gasteiger partial charge in [-0.2, -0.15) is 13.2 Å². The van der Waals surface area contributed by atoms with Crippen molar-refractivity contribution in [3.8, 4) is 0 Å². The summed E-state index contributed by atoms with van der Waals surface area (Å²) in [6.45, 7) is 4.52. The molecule has 2 N–H and O–H groups in total. The first kappa shape index (κ1) is 22.8. The van der Waals surface area contributed by atoms with E-state index in [1.807, 2.05) is 32.2 Å². The monoisotopic (exact) mass is 414 g/mol. The number of hydrogen-bond donors (Lipinski definition) is 2. The van der Waals surface area contributed by atoms with Crippen LogP contribution in [-0.4, -0.2) is 73.7 Å². The first-order valence-electron chi connectivity index (χ1n) is 9.71. The summed E-state index contributed by atoms with van der Waals surface area (Å²) in [7, 11) is 1.13. The quantitative estimate of drug-likeness (QED) is 0.550. The van der Waals surface area contributed by atoms with E-state index < -0.39 is 18.6 Å². The lowest BCUT2D eigenvalue weighted by molar-refractivity contribution is -0.157. The normalized spacial score (nSPS) is 15.9. The van der Waals surface area contributed by atoms with Crippen molar-refractivity contribution in [2.75, 3.05) is 44.7 Å². The van der Waals surface area contributed by atoms with Gasteiger partial charge in [0, 0.05) is 38.9 Å². The molecule has 0 radical (unpaired) electrons. The fraction of sp³-hybridized carbons (Fsp3) is 0.632. The van der Waals surface area contributed by atoms with Crippen molar-refractivity contribution in [3.05, 3.63) is 23.9 Å². The minimum atomic E-state index is -4.42. The van der Waals surface area contributed by atoms with Gasteiger partial charge in [-0.05, 0) is 38.3 Å². The smallest absolute Gasteiger partial charge is 0.357 e. The number of guanidine groups is 1. The molecule has 2 heterocycles. The molecule has 0 aromatic carbocycles. The van der Waals surface area contributed by atoms with Gasteiger partial charge in [-0.1, -0.05) is 6.07 Å². The van der Waals surface area contributed by atoms with Crippen molar-refractivity contribution in [2.45, 2.75) is 38.9 Å². The summed E-state index contributed by atoms with van der Waals surface area (Å²) < 4.78 is 37.2.